The average molecular weight is 486 g/mol. The molecule has 2 amide bonds. The molecule has 0 spiro atoms. The lowest BCUT2D eigenvalue weighted by atomic mass is 10.1. The minimum absolute atomic E-state index is 0.0666. The van der Waals surface area contributed by atoms with Crippen molar-refractivity contribution in [2.75, 3.05) is 19.0 Å². The van der Waals surface area contributed by atoms with E-state index in [-0.39, 0.29) is 30.2 Å². The highest BCUT2D eigenvalue weighted by Gasteiger charge is 2.31. The quantitative estimate of drug-likeness (QED) is 0.196. The lowest BCUT2D eigenvalue weighted by molar-refractivity contribution is -0.383. The number of para-hydroxylation sites is 2. The number of nitrogens with zero attached hydrogens (tertiary/aromatic N) is 2. The average Bonchev–Trinajstić information content (AvgIpc) is 3.06. The summed E-state index contributed by atoms with van der Waals surface area (Å²) in [6, 6.07) is 12.5. The number of nitro groups is 1. The van der Waals surface area contributed by atoms with Crippen LogP contribution in [0, 0.1) is 10.1 Å². The van der Waals surface area contributed by atoms with E-state index < -0.39 is 16.8 Å². The molecule has 1 N–H and O–H groups in total. The zero-order valence-electron chi connectivity index (χ0n) is 17.5. The number of hydrogen-bond donors (Lipinski definition) is 1. The van der Waals surface area contributed by atoms with Crippen LogP contribution in [0.3, 0.4) is 0 Å². The molecule has 33 heavy (non-hydrogen) atoms. The van der Waals surface area contributed by atoms with Gasteiger partial charge in [0.1, 0.15) is 10.0 Å². The molecule has 1 aliphatic rings. The molecule has 1 aliphatic heterocycles. The van der Waals surface area contributed by atoms with Gasteiger partial charge in [-0.05, 0) is 36.3 Å². The number of anilines is 1. The number of nitrogens with one attached hydrogen (secondary N) is 1. The van der Waals surface area contributed by atoms with Gasteiger partial charge >= 0.3 is 5.97 Å². The standard InChI is InChI=1S/C22H19N3O6S2/c1-31-21(28)15-10-8-14(9-11-15)13-18-20(27)24(22(32)33-18)12-4-7-19(26)23-16-5-2-3-6-17(16)25(29)30/h2-3,5-6,8-11,13H,4,7,12H2,1H3,(H,23,26). The Morgan fingerprint density at radius 2 is 1.91 bits per heavy atom. The molecule has 0 saturated carbocycles. The van der Waals surface area contributed by atoms with E-state index in [1.54, 1.807) is 36.4 Å². The number of methoxy groups -OCH3 is 1. The Balaban J connectivity index is 1.56. The number of carbonyl (C=O) groups excluding carboxylic acids is 3. The fraction of sp³-hybridized carbons (Fsp3) is 0.182. The van der Waals surface area contributed by atoms with Gasteiger partial charge in [0.05, 0.1) is 22.5 Å². The van der Waals surface area contributed by atoms with Crippen molar-refractivity contribution in [1.29, 1.82) is 0 Å². The van der Waals surface area contributed by atoms with Gasteiger partial charge in [-0.1, -0.05) is 48.2 Å². The minimum atomic E-state index is -0.564. The number of nitro benzene ring substituents is 1. The molecular formula is C22H19N3O6S2. The third-order valence-corrected chi connectivity index (χ3v) is 6.04. The van der Waals surface area contributed by atoms with Crippen molar-refractivity contribution in [3.8, 4) is 0 Å². The first-order chi connectivity index (χ1) is 15.8. The number of esters is 1. The van der Waals surface area contributed by atoms with Crippen molar-refractivity contribution in [1.82, 2.24) is 4.90 Å². The van der Waals surface area contributed by atoms with Gasteiger partial charge in [-0.25, -0.2) is 4.79 Å². The topological polar surface area (TPSA) is 119 Å². The van der Waals surface area contributed by atoms with Crippen LogP contribution in [0.1, 0.15) is 28.8 Å². The lowest BCUT2D eigenvalue weighted by Gasteiger charge is -2.14. The summed E-state index contributed by atoms with van der Waals surface area (Å²) in [6.07, 6.45) is 2.08. The zero-order chi connectivity index (χ0) is 24.0. The fourth-order valence-corrected chi connectivity index (χ4v) is 4.33. The van der Waals surface area contributed by atoms with Crippen LogP contribution in [-0.2, 0) is 14.3 Å². The fourth-order valence-electron chi connectivity index (χ4n) is 3.03. The van der Waals surface area contributed by atoms with Gasteiger partial charge in [-0.3, -0.25) is 24.6 Å². The van der Waals surface area contributed by atoms with E-state index in [0.29, 0.717) is 21.2 Å². The number of thiocarbonyl (C=S) groups is 1. The molecule has 1 heterocycles. The molecule has 2 aromatic carbocycles. The summed E-state index contributed by atoms with van der Waals surface area (Å²) in [6.45, 7) is 0.244. The summed E-state index contributed by atoms with van der Waals surface area (Å²) in [7, 11) is 1.30. The maximum atomic E-state index is 12.7. The number of hydrogen-bond acceptors (Lipinski definition) is 8. The first-order valence-electron chi connectivity index (χ1n) is 9.77. The van der Waals surface area contributed by atoms with Crippen LogP contribution in [0.4, 0.5) is 11.4 Å². The van der Waals surface area contributed by atoms with Crippen molar-refractivity contribution in [3.63, 3.8) is 0 Å². The van der Waals surface area contributed by atoms with Crippen LogP contribution < -0.4 is 5.32 Å². The highest BCUT2D eigenvalue weighted by molar-refractivity contribution is 8.26. The van der Waals surface area contributed by atoms with E-state index in [0.717, 1.165) is 17.3 Å². The lowest BCUT2D eigenvalue weighted by Crippen LogP contribution is -2.29. The first kappa shape index (κ1) is 24.1. The molecular weight excluding hydrogens is 466 g/mol. The maximum absolute atomic E-state index is 12.7. The Hall–Kier alpha value is -3.57. The molecule has 3 rings (SSSR count). The van der Waals surface area contributed by atoms with Crippen molar-refractivity contribution >= 4 is 63.5 Å². The van der Waals surface area contributed by atoms with Crippen LogP contribution in [-0.4, -0.2) is 45.6 Å². The minimum Gasteiger partial charge on any atom is -0.465 e. The number of amides is 2. The van der Waals surface area contributed by atoms with E-state index in [1.165, 1.54) is 30.2 Å². The number of benzene rings is 2. The zero-order valence-corrected chi connectivity index (χ0v) is 19.1. The highest BCUT2D eigenvalue weighted by atomic mass is 32.2. The summed E-state index contributed by atoms with van der Waals surface area (Å²) >= 11 is 6.46. The normalized spacial score (nSPS) is 14.5. The number of rotatable bonds is 8. The van der Waals surface area contributed by atoms with E-state index in [9.17, 15) is 24.5 Å². The molecule has 9 nitrogen and oxygen atoms in total. The Bertz CT molecular complexity index is 1150. The van der Waals surface area contributed by atoms with Gasteiger partial charge in [0, 0.05) is 19.0 Å². The summed E-state index contributed by atoms with van der Waals surface area (Å²) in [5.74, 6) is -1.10. The Morgan fingerprint density at radius 3 is 2.58 bits per heavy atom. The van der Waals surface area contributed by atoms with Crippen LogP contribution in [0.15, 0.2) is 53.4 Å². The van der Waals surface area contributed by atoms with E-state index in [4.69, 9.17) is 12.2 Å². The Morgan fingerprint density at radius 1 is 1.21 bits per heavy atom. The second-order valence-corrected chi connectivity index (χ2v) is 8.55. The highest BCUT2D eigenvalue weighted by Crippen LogP contribution is 2.33. The van der Waals surface area contributed by atoms with Gasteiger partial charge in [-0.15, -0.1) is 0 Å². The predicted molar refractivity (Wildman–Crippen MR) is 129 cm³/mol. The molecule has 0 unspecified atom stereocenters. The summed E-state index contributed by atoms with van der Waals surface area (Å²) in [4.78, 5) is 48.8. The van der Waals surface area contributed by atoms with E-state index in [1.807, 2.05) is 0 Å². The summed E-state index contributed by atoms with van der Waals surface area (Å²) < 4.78 is 5.05. The second-order valence-electron chi connectivity index (χ2n) is 6.87. The SMILES string of the molecule is COC(=O)c1ccc(C=C2SC(=S)N(CCCC(=O)Nc3ccccc3[N+](=O)[O-])C2=O)cc1. The van der Waals surface area contributed by atoms with Gasteiger partial charge in [-0.2, -0.15) is 0 Å². The Kier molecular flexibility index (Phi) is 7.91. The number of thioether (sulfide) groups is 1. The second kappa shape index (κ2) is 10.8. The van der Waals surface area contributed by atoms with Crippen molar-refractivity contribution in [3.05, 3.63) is 74.7 Å². The van der Waals surface area contributed by atoms with Gasteiger partial charge in [0.2, 0.25) is 5.91 Å². The molecule has 0 atom stereocenters. The van der Waals surface area contributed by atoms with Crippen molar-refractivity contribution in [2.45, 2.75) is 12.8 Å². The smallest absolute Gasteiger partial charge is 0.337 e. The van der Waals surface area contributed by atoms with E-state index >= 15 is 0 Å². The monoisotopic (exact) mass is 485 g/mol. The van der Waals surface area contributed by atoms with Crippen molar-refractivity contribution in [2.24, 2.45) is 0 Å². The molecule has 170 valence electrons. The molecule has 0 radical (unpaired) electrons. The molecule has 1 fully saturated rings. The van der Waals surface area contributed by atoms with Gasteiger partial charge in [0.25, 0.3) is 11.6 Å². The third-order valence-electron chi connectivity index (χ3n) is 4.66. The first-order valence-corrected chi connectivity index (χ1v) is 11.0. The van der Waals surface area contributed by atoms with Crippen LogP contribution >= 0.6 is 24.0 Å². The van der Waals surface area contributed by atoms with Crippen LogP contribution in [0.25, 0.3) is 6.08 Å². The van der Waals surface area contributed by atoms with E-state index in [2.05, 4.69) is 10.1 Å². The number of ether oxygens (including phenoxy) is 1. The largest absolute Gasteiger partial charge is 0.465 e. The summed E-state index contributed by atoms with van der Waals surface area (Å²) in [5.41, 5.74) is 1.07. The molecule has 2 aromatic rings. The Labute approximate surface area is 198 Å². The third kappa shape index (κ3) is 6.02. The maximum Gasteiger partial charge on any atom is 0.337 e. The van der Waals surface area contributed by atoms with Crippen molar-refractivity contribution < 1.29 is 24.0 Å². The van der Waals surface area contributed by atoms with Gasteiger partial charge < -0.3 is 10.1 Å². The molecule has 0 bridgehead atoms. The van der Waals surface area contributed by atoms with Gasteiger partial charge in [0.15, 0.2) is 0 Å². The molecule has 1 saturated heterocycles. The number of carbonyl (C=O) groups is 3. The van der Waals surface area contributed by atoms with Crippen LogP contribution in [0.2, 0.25) is 0 Å². The molecule has 0 aromatic heterocycles. The predicted octanol–water partition coefficient (Wildman–Crippen LogP) is 4.00. The van der Waals surface area contributed by atoms with Crippen LogP contribution in [0.5, 0.6) is 0 Å². The molecule has 11 heteroatoms. The molecule has 0 aliphatic carbocycles. The summed E-state index contributed by atoms with van der Waals surface area (Å²) in [5, 5.41) is 13.6.